The number of benzene rings is 1. The normalized spacial score (nSPS) is 18.9. The van der Waals surface area contributed by atoms with E-state index in [1.807, 2.05) is 0 Å². The smallest absolute Gasteiger partial charge is 0.257 e. The molecule has 0 aliphatic carbocycles. The summed E-state index contributed by atoms with van der Waals surface area (Å²) in [6, 6.07) is 2.34. The standard InChI is InChI=1S/C12H13BrF2N2O/c13-7-4-9(14)11(10(15)5-7)12(18)17-6-8-2-1-3-16-8/h4-5,8,16H,1-3,6H2,(H,17,18). The summed E-state index contributed by atoms with van der Waals surface area (Å²) in [4.78, 5) is 11.7. The van der Waals surface area contributed by atoms with E-state index in [-0.39, 0.29) is 10.5 Å². The molecular formula is C12H13BrF2N2O. The van der Waals surface area contributed by atoms with Crippen LogP contribution in [0.4, 0.5) is 8.78 Å². The van der Waals surface area contributed by atoms with Gasteiger partial charge >= 0.3 is 0 Å². The number of rotatable bonds is 3. The Labute approximate surface area is 112 Å². The third-order valence-corrected chi connectivity index (χ3v) is 3.36. The molecule has 3 nitrogen and oxygen atoms in total. The Morgan fingerprint density at radius 2 is 2.11 bits per heavy atom. The molecule has 1 amide bonds. The lowest BCUT2D eigenvalue weighted by Gasteiger charge is -2.12. The summed E-state index contributed by atoms with van der Waals surface area (Å²) in [5.74, 6) is -2.44. The van der Waals surface area contributed by atoms with E-state index in [1.165, 1.54) is 0 Å². The van der Waals surface area contributed by atoms with E-state index in [4.69, 9.17) is 0 Å². The number of hydrogen-bond acceptors (Lipinski definition) is 2. The molecule has 1 heterocycles. The molecule has 18 heavy (non-hydrogen) atoms. The SMILES string of the molecule is O=C(NCC1CCCN1)c1c(F)cc(Br)cc1F. The molecule has 1 atom stereocenters. The third-order valence-electron chi connectivity index (χ3n) is 2.91. The predicted octanol–water partition coefficient (Wildman–Crippen LogP) is 2.21. The molecule has 1 aromatic carbocycles. The Hall–Kier alpha value is -1.01. The summed E-state index contributed by atoms with van der Waals surface area (Å²) < 4.78 is 27.3. The van der Waals surface area contributed by atoms with Crippen LogP contribution >= 0.6 is 15.9 Å². The van der Waals surface area contributed by atoms with Crippen molar-refractivity contribution in [2.45, 2.75) is 18.9 Å². The molecule has 1 saturated heterocycles. The van der Waals surface area contributed by atoms with Crippen LogP contribution in [0.3, 0.4) is 0 Å². The van der Waals surface area contributed by atoms with Gasteiger partial charge in [0.15, 0.2) is 0 Å². The maximum atomic E-state index is 13.5. The second-order valence-corrected chi connectivity index (χ2v) is 5.16. The molecule has 1 unspecified atom stereocenters. The molecule has 98 valence electrons. The minimum Gasteiger partial charge on any atom is -0.350 e. The average molecular weight is 319 g/mol. The van der Waals surface area contributed by atoms with Crippen LogP contribution in [0.2, 0.25) is 0 Å². The van der Waals surface area contributed by atoms with Crippen molar-refractivity contribution in [1.82, 2.24) is 10.6 Å². The van der Waals surface area contributed by atoms with Gasteiger partial charge in [-0.25, -0.2) is 8.78 Å². The Balaban J connectivity index is 2.04. The summed E-state index contributed by atoms with van der Waals surface area (Å²) in [6.07, 6.45) is 2.02. The minimum absolute atomic E-state index is 0.190. The summed E-state index contributed by atoms with van der Waals surface area (Å²) in [5, 5.41) is 5.74. The number of nitrogens with one attached hydrogen (secondary N) is 2. The van der Waals surface area contributed by atoms with E-state index in [2.05, 4.69) is 26.6 Å². The van der Waals surface area contributed by atoms with Crippen LogP contribution in [0, 0.1) is 11.6 Å². The van der Waals surface area contributed by atoms with Crippen LogP contribution in [-0.4, -0.2) is 25.0 Å². The first-order chi connectivity index (χ1) is 8.58. The predicted molar refractivity (Wildman–Crippen MR) is 67.4 cm³/mol. The second kappa shape index (κ2) is 5.75. The van der Waals surface area contributed by atoms with Crippen molar-refractivity contribution < 1.29 is 13.6 Å². The Bertz CT molecular complexity index is 438. The van der Waals surface area contributed by atoms with Gasteiger partial charge in [0.25, 0.3) is 5.91 Å². The van der Waals surface area contributed by atoms with Crippen LogP contribution in [0.15, 0.2) is 16.6 Å². The Kier molecular flexibility index (Phi) is 4.29. The van der Waals surface area contributed by atoms with Crippen LogP contribution in [-0.2, 0) is 0 Å². The second-order valence-electron chi connectivity index (χ2n) is 4.25. The first-order valence-electron chi connectivity index (χ1n) is 5.74. The molecule has 1 aromatic rings. The largest absolute Gasteiger partial charge is 0.350 e. The molecule has 1 fully saturated rings. The molecule has 1 aliphatic heterocycles. The third kappa shape index (κ3) is 3.05. The first-order valence-corrected chi connectivity index (χ1v) is 6.53. The maximum Gasteiger partial charge on any atom is 0.257 e. The van der Waals surface area contributed by atoms with Crippen molar-refractivity contribution in [3.05, 3.63) is 33.8 Å². The average Bonchev–Trinajstić information content (AvgIpc) is 2.77. The van der Waals surface area contributed by atoms with E-state index in [9.17, 15) is 13.6 Å². The first kappa shape index (κ1) is 13.4. The Morgan fingerprint density at radius 3 is 2.67 bits per heavy atom. The van der Waals surface area contributed by atoms with Gasteiger partial charge in [-0.2, -0.15) is 0 Å². The topological polar surface area (TPSA) is 41.1 Å². The van der Waals surface area contributed by atoms with Gasteiger partial charge in [-0.1, -0.05) is 15.9 Å². The summed E-state index contributed by atoms with van der Waals surface area (Å²) in [7, 11) is 0. The van der Waals surface area contributed by atoms with E-state index in [0.717, 1.165) is 31.5 Å². The quantitative estimate of drug-likeness (QED) is 0.897. The highest BCUT2D eigenvalue weighted by Gasteiger charge is 2.20. The highest BCUT2D eigenvalue weighted by molar-refractivity contribution is 9.10. The molecular weight excluding hydrogens is 306 g/mol. The van der Waals surface area contributed by atoms with Gasteiger partial charge in [0.2, 0.25) is 0 Å². The van der Waals surface area contributed by atoms with Crippen LogP contribution in [0.25, 0.3) is 0 Å². The zero-order valence-electron chi connectivity index (χ0n) is 9.60. The van der Waals surface area contributed by atoms with Gasteiger partial charge in [0.05, 0.1) is 0 Å². The highest BCUT2D eigenvalue weighted by Crippen LogP contribution is 2.19. The number of amides is 1. The molecule has 6 heteroatoms. The van der Waals surface area contributed by atoms with Gasteiger partial charge in [-0.15, -0.1) is 0 Å². The van der Waals surface area contributed by atoms with Crippen molar-refractivity contribution in [2.75, 3.05) is 13.1 Å². The fourth-order valence-electron chi connectivity index (χ4n) is 1.99. The van der Waals surface area contributed by atoms with Crippen molar-refractivity contribution in [2.24, 2.45) is 0 Å². The van der Waals surface area contributed by atoms with Crippen LogP contribution in [0.5, 0.6) is 0 Å². The fraction of sp³-hybridized carbons (Fsp3) is 0.417. The monoisotopic (exact) mass is 318 g/mol. The molecule has 0 saturated carbocycles. The van der Waals surface area contributed by atoms with Gasteiger partial charge in [0.1, 0.15) is 17.2 Å². The molecule has 0 spiro atoms. The van der Waals surface area contributed by atoms with E-state index < -0.39 is 23.1 Å². The summed E-state index contributed by atoms with van der Waals surface area (Å²) >= 11 is 2.97. The van der Waals surface area contributed by atoms with Crippen molar-refractivity contribution in [3.8, 4) is 0 Å². The van der Waals surface area contributed by atoms with Gasteiger partial charge < -0.3 is 10.6 Å². The molecule has 0 radical (unpaired) electrons. The molecule has 1 aliphatic rings. The van der Waals surface area contributed by atoms with E-state index >= 15 is 0 Å². The zero-order chi connectivity index (χ0) is 13.1. The number of carbonyl (C=O) groups excluding carboxylic acids is 1. The number of carbonyl (C=O) groups is 1. The number of halogens is 3. The minimum atomic E-state index is -0.862. The van der Waals surface area contributed by atoms with Gasteiger partial charge in [-0.05, 0) is 31.5 Å². The van der Waals surface area contributed by atoms with Crippen molar-refractivity contribution in [1.29, 1.82) is 0 Å². The Morgan fingerprint density at radius 1 is 1.44 bits per heavy atom. The lowest BCUT2D eigenvalue weighted by Crippen LogP contribution is -2.37. The highest BCUT2D eigenvalue weighted by atomic mass is 79.9. The van der Waals surface area contributed by atoms with E-state index in [1.54, 1.807) is 0 Å². The maximum absolute atomic E-state index is 13.5. The summed E-state index contributed by atoms with van der Waals surface area (Å²) in [6.45, 7) is 1.30. The summed E-state index contributed by atoms with van der Waals surface area (Å²) in [5.41, 5.74) is -0.531. The molecule has 0 aromatic heterocycles. The van der Waals surface area contributed by atoms with Gasteiger partial charge in [-0.3, -0.25) is 4.79 Å². The van der Waals surface area contributed by atoms with Gasteiger partial charge in [0, 0.05) is 17.1 Å². The van der Waals surface area contributed by atoms with E-state index in [0.29, 0.717) is 6.54 Å². The van der Waals surface area contributed by atoms with Crippen LogP contribution < -0.4 is 10.6 Å². The lowest BCUT2D eigenvalue weighted by atomic mass is 10.1. The molecule has 2 rings (SSSR count). The van der Waals surface area contributed by atoms with Crippen molar-refractivity contribution >= 4 is 21.8 Å². The fourth-order valence-corrected chi connectivity index (χ4v) is 2.40. The lowest BCUT2D eigenvalue weighted by molar-refractivity contribution is 0.0942. The van der Waals surface area contributed by atoms with Crippen LogP contribution in [0.1, 0.15) is 23.2 Å². The zero-order valence-corrected chi connectivity index (χ0v) is 11.2. The number of hydrogen-bond donors (Lipinski definition) is 2. The van der Waals surface area contributed by atoms with Crippen molar-refractivity contribution in [3.63, 3.8) is 0 Å². The molecule has 0 bridgehead atoms. The molecule has 2 N–H and O–H groups in total.